The largest absolute Gasteiger partial charge is 0.328 e. The Kier molecular flexibility index (Phi) is 5.59. The van der Waals surface area contributed by atoms with E-state index < -0.39 is 0 Å². The van der Waals surface area contributed by atoms with E-state index in [2.05, 4.69) is 46.7 Å². The highest BCUT2D eigenvalue weighted by Crippen LogP contribution is 2.26. The number of hydrogen-bond acceptors (Lipinski definition) is 3. The number of fused-ring (bicyclic) bond motifs is 1. The number of amides is 1. The van der Waals surface area contributed by atoms with Gasteiger partial charge in [0.15, 0.2) is 5.69 Å². The van der Waals surface area contributed by atoms with Crippen molar-refractivity contribution < 1.29 is 4.79 Å². The van der Waals surface area contributed by atoms with Gasteiger partial charge in [-0.05, 0) is 23.6 Å². The summed E-state index contributed by atoms with van der Waals surface area (Å²) in [5, 5.41) is 11.5. The van der Waals surface area contributed by atoms with Gasteiger partial charge in [0.05, 0.1) is 11.6 Å². The van der Waals surface area contributed by atoms with Crippen molar-refractivity contribution in [2.45, 2.75) is 19.4 Å². The van der Waals surface area contributed by atoms with Gasteiger partial charge in [-0.3, -0.25) is 9.89 Å². The molecule has 4 rings (SSSR count). The summed E-state index contributed by atoms with van der Waals surface area (Å²) < 4.78 is 0. The maximum atomic E-state index is 13.2. The van der Waals surface area contributed by atoms with Gasteiger partial charge in [0.25, 0.3) is 5.91 Å². The van der Waals surface area contributed by atoms with Gasteiger partial charge in [-0.2, -0.15) is 5.10 Å². The van der Waals surface area contributed by atoms with Gasteiger partial charge in [-0.1, -0.05) is 49.4 Å². The highest BCUT2D eigenvalue weighted by Gasteiger charge is 2.30. The number of aryl methyl sites for hydroxylation is 1. The zero-order chi connectivity index (χ0) is 17.2. The molecular weight excluding hydrogens is 348 g/mol. The summed E-state index contributed by atoms with van der Waals surface area (Å²) in [6, 6.07) is 16.4. The first-order valence-electron chi connectivity index (χ1n) is 8.81. The van der Waals surface area contributed by atoms with E-state index in [0.717, 1.165) is 36.0 Å². The molecule has 0 bridgehead atoms. The molecule has 1 unspecified atom stereocenters. The number of carbonyl (C=O) groups is 1. The molecule has 1 atom stereocenters. The SMILES string of the molecule is CCc1ccc(C2CNCCN2C(=O)c2n[nH]c3ccccc23)cc1.Cl. The van der Waals surface area contributed by atoms with Crippen LogP contribution in [0.4, 0.5) is 0 Å². The number of para-hydroxylation sites is 1. The van der Waals surface area contributed by atoms with Crippen LogP contribution >= 0.6 is 12.4 Å². The number of rotatable bonds is 3. The molecule has 0 spiro atoms. The van der Waals surface area contributed by atoms with Gasteiger partial charge in [0.1, 0.15) is 0 Å². The van der Waals surface area contributed by atoms with Gasteiger partial charge < -0.3 is 10.2 Å². The lowest BCUT2D eigenvalue weighted by atomic mass is 10.0. The number of nitrogens with one attached hydrogen (secondary N) is 2. The molecule has 0 radical (unpaired) electrons. The summed E-state index contributed by atoms with van der Waals surface area (Å²) in [5.41, 5.74) is 3.87. The molecule has 26 heavy (non-hydrogen) atoms. The molecule has 0 aliphatic carbocycles. The standard InChI is InChI=1S/C20H22N4O.ClH/c1-2-14-7-9-15(10-8-14)18-13-21-11-12-24(18)20(25)19-16-5-3-4-6-17(16)22-23-19;/h3-10,18,21H,2,11-13H2,1H3,(H,22,23);1H. The topological polar surface area (TPSA) is 61.0 Å². The second-order valence-electron chi connectivity index (χ2n) is 6.43. The molecule has 1 aliphatic rings. The summed E-state index contributed by atoms with van der Waals surface area (Å²) in [6.07, 6.45) is 1.02. The van der Waals surface area contributed by atoms with Crippen molar-refractivity contribution in [2.24, 2.45) is 0 Å². The predicted octanol–water partition coefficient (Wildman–Crippen LogP) is 3.33. The van der Waals surface area contributed by atoms with Crippen molar-refractivity contribution in [3.8, 4) is 0 Å². The Bertz CT molecular complexity index is 890. The van der Waals surface area contributed by atoms with Gasteiger partial charge in [-0.25, -0.2) is 0 Å². The molecule has 1 aromatic heterocycles. The second-order valence-corrected chi connectivity index (χ2v) is 6.43. The molecule has 0 saturated carbocycles. The quantitative estimate of drug-likeness (QED) is 0.743. The zero-order valence-electron chi connectivity index (χ0n) is 14.7. The Morgan fingerprint density at radius 2 is 1.96 bits per heavy atom. The van der Waals surface area contributed by atoms with Gasteiger partial charge >= 0.3 is 0 Å². The third-order valence-corrected chi connectivity index (χ3v) is 4.95. The number of piperazine rings is 1. The molecular formula is C20H23ClN4O. The van der Waals surface area contributed by atoms with Gasteiger partial charge in [0, 0.05) is 25.0 Å². The van der Waals surface area contributed by atoms with Crippen LogP contribution in [0.25, 0.3) is 10.9 Å². The van der Waals surface area contributed by atoms with Crippen molar-refractivity contribution in [2.75, 3.05) is 19.6 Å². The van der Waals surface area contributed by atoms with Crippen LogP contribution in [0, 0.1) is 0 Å². The normalized spacial score (nSPS) is 17.1. The summed E-state index contributed by atoms with van der Waals surface area (Å²) in [6.45, 7) is 4.40. The van der Waals surface area contributed by atoms with Crippen LogP contribution in [-0.2, 0) is 6.42 Å². The number of carbonyl (C=O) groups excluding carboxylic acids is 1. The fraction of sp³-hybridized carbons (Fsp3) is 0.300. The van der Waals surface area contributed by atoms with Crippen LogP contribution in [0.2, 0.25) is 0 Å². The molecule has 2 heterocycles. The van der Waals surface area contributed by atoms with Gasteiger partial charge in [-0.15, -0.1) is 12.4 Å². The lowest BCUT2D eigenvalue weighted by molar-refractivity contribution is 0.0630. The number of halogens is 1. The van der Waals surface area contributed by atoms with E-state index in [0.29, 0.717) is 12.2 Å². The molecule has 2 aromatic carbocycles. The first-order valence-corrected chi connectivity index (χ1v) is 8.81. The van der Waals surface area contributed by atoms with Crippen LogP contribution < -0.4 is 5.32 Å². The molecule has 1 saturated heterocycles. The van der Waals surface area contributed by atoms with Crippen LogP contribution in [-0.4, -0.2) is 40.6 Å². The Morgan fingerprint density at radius 1 is 1.19 bits per heavy atom. The predicted molar refractivity (Wildman–Crippen MR) is 106 cm³/mol. The van der Waals surface area contributed by atoms with Crippen LogP contribution in [0.1, 0.15) is 34.6 Å². The average molecular weight is 371 g/mol. The first-order chi connectivity index (χ1) is 12.3. The highest BCUT2D eigenvalue weighted by atomic mass is 35.5. The number of aromatic nitrogens is 2. The van der Waals surface area contributed by atoms with Crippen LogP contribution in [0.5, 0.6) is 0 Å². The van der Waals surface area contributed by atoms with E-state index in [9.17, 15) is 4.79 Å². The Labute approximate surface area is 159 Å². The van der Waals surface area contributed by atoms with Crippen LogP contribution in [0.15, 0.2) is 48.5 Å². The van der Waals surface area contributed by atoms with Crippen molar-refractivity contribution in [1.82, 2.24) is 20.4 Å². The summed E-state index contributed by atoms with van der Waals surface area (Å²) in [4.78, 5) is 15.1. The Morgan fingerprint density at radius 3 is 2.73 bits per heavy atom. The summed E-state index contributed by atoms with van der Waals surface area (Å²) in [7, 11) is 0. The fourth-order valence-electron chi connectivity index (χ4n) is 3.48. The number of nitrogens with zero attached hydrogens (tertiary/aromatic N) is 2. The van der Waals surface area contributed by atoms with E-state index in [1.807, 2.05) is 29.2 Å². The van der Waals surface area contributed by atoms with E-state index in [4.69, 9.17) is 0 Å². The molecule has 1 fully saturated rings. The lowest BCUT2D eigenvalue weighted by Crippen LogP contribution is -2.48. The number of H-pyrrole nitrogens is 1. The van der Waals surface area contributed by atoms with E-state index in [1.165, 1.54) is 5.56 Å². The molecule has 2 N–H and O–H groups in total. The summed E-state index contributed by atoms with van der Waals surface area (Å²) >= 11 is 0. The summed E-state index contributed by atoms with van der Waals surface area (Å²) in [5.74, 6) is -0.0106. The minimum absolute atomic E-state index is 0. The number of aromatic amines is 1. The smallest absolute Gasteiger partial charge is 0.275 e. The number of hydrogen-bond donors (Lipinski definition) is 2. The van der Waals surface area contributed by atoms with Crippen molar-refractivity contribution in [3.05, 3.63) is 65.4 Å². The van der Waals surface area contributed by atoms with Gasteiger partial charge in [0.2, 0.25) is 0 Å². The minimum Gasteiger partial charge on any atom is -0.328 e. The maximum Gasteiger partial charge on any atom is 0.275 e. The van der Waals surface area contributed by atoms with Crippen molar-refractivity contribution in [3.63, 3.8) is 0 Å². The zero-order valence-corrected chi connectivity index (χ0v) is 15.6. The Balaban J connectivity index is 0.00000196. The second kappa shape index (κ2) is 7.89. The maximum absolute atomic E-state index is 13.2. The van der Waals surface area contributed by atoms with Crippen molar-refractivity contribution in [1.29, 1.82) is 0 Å². The lowest BCUT2D eigenvalue weighted by Gasteiger charge is -2.36. The minimum atomic E-state index is -0.0106. The molecule has 6 heteroatoms. The first kappa shape index (κ1) is 18.4. The molecule has 5 nitrogen and oxygen atoms in total. The third kappa shape index (κ3) is 3.32. The Hall–Kier alpha value is -2.37. The monoisotopic (exact) mass is 370 g/mol. The average Bonchev–Trinajstić information content (AvgIpc) is 3.12. The van der Waals surface area contributed by atoms with E-state index >= 15 is 0 Å². The molecule has 3 aromatic rings. The van der Waals surface area contributed by atoms with Crippen molar-refractivity contribution >= 4 is 29.2 Å². The van der Waals surface area contributed by atoms with Crippen LogP contribution in [0.3, 0.4) is 0 Å². The molecule has 136 valence electrons. The molecule has 1 aliphatic heterocycles. The number of benzene rings is 2. The fourth-order valence-corrected chi connectivity index (χ4v) is 3.48. The van der Waals surface area contributed by atoms with E-state index in [-0.39, 0.29) is 24.4 Å². The third-order valence-electron chi connectivity index (χ3n) is 4.95. The van der Waals surface area contributed by atoms with E-state index in [1.54, 1.807) is 0 Å². The highest BCUT2D eigenvalue weighted by molar-refractivity contribution is 6.04. The molecule has 1 amide bonds.